The zero-order valence-corrected chi connectivity index (χ0v) is 13.7. The van der Waals surface area contributed by atoms with E-state index in [1.165, 1.54) is 37.4 Å². The summed E-state index contributed by atoms with van der Waals surface area (Å²) in [4.78, 5) is 0. The largest absolute Gasteiger partial charge is 0.893 e. The fourth-order valence-corrected chi connectivity index (χ4v) is 9.81. The van der Waals surface area contributed by atoms with Crippen LogP contribution in [0.5, 0.6) is 0 Å². The maximum absolute atomic E-state index is 6.29. The predicted molar refractivity (Wildman–Crippen MR) is 71.9 cm³/mol. The summed E-state index contributed by atoms with van der Waals surface area (Å²) >= 11 is -1.85. The van der Waals surface area contributed by atoms with Crippen LogP contribution >= 0.6 is 0 Å². The SMILES string of the molecule is CCC[Si](CCC)(CCC)[O][Al]([O]C)[O]C. The highest BCUT2D eigenvalue weighted by Crippen LogP contribution is 2.28. The molecule has 0 fully saturated rings. The number of hydrogen-bond donors (Lipinski definition) is 0. The molecule has 96 valence electrons. The van der Waals surface area contributed by atoms with E-state index in [1.807, 2.05) is 0 Å². The molecule has 0 aromatic carbocycles. The minimum atomic E-state index is -1.85. The zero-order chi connectivity index (χ0) is 12.4. The van der Waals surface area contributed by atoms with E-state index in [0.717, 1.165) is 0 Å². The van der Waals surface area contributed by atoms with Gasteiger partial charge in [0, 0.05) is 14.2 Å². The quantitative estimate of drug-likeness (QED) is 0.564. The van der Waals surface area contributed by atoms with Crippen LogP contribution in [0.1, 0.15) is 40.0 Å². The molecule has 0 atom stereocenters. The van der Waals surface area contributed by atoms with E-state index < -0.39 is 23.5 Å². The molecule has 5 heteroatoms. The van der Waals surface area contributed by atoms with Gasteiger partial charge in [-0.15, -0.1) is 0 Å². The van der Waals surface area contributed by atoms with Crippen molar-refractivity contribution >= 4 is 23.5 Å². The Kier molecular flexibility index (Phi) is 10.0. The Morgan fingerprint density at radius 1 is 0.812 bits per heavy atom. The summed E-state index contributed by atoms with van der Waals surface area (Å²) < 4.78 is 16.9. The van der Waals surface area contributed by atoms with Crippen molar-refractivity contribution < 1.29 is 11.1 Å². The fourth-order valence-electron chi connectivity index (χ4n) is 2.32. The number of hydrogen-bond acceptors (Lipinski definition) is 3. The van der Waals surface area contributed by atoms with Crippen LogP contribution in [0, 0.1) is 0 Å². The van der Waals surface area contributed by atoms with E-state index in [0.29, 0.717) is 0 Å². The van der Waals surface area contributed by atoms with E-state index in [1.54, 1.807) is 14.2 Å². The van der Waals surface area contributed by atoms with Gasteiger partial charge in [0.15, 0.2) is 8.32 Å². The highest BCUT2D eigenvalue weighted by Gasteiger charge is 2.41. The average molecular weight is 262 g/mol. The normalized spacial score (nSPS) is 11.8. The van der Waals surface area contributed by atoms with Gasteiger partial charge in [-0.05, 0) is 18.1 Å². The smallest absolute Gasteiger partial charge is 0.498 e. The topological polar surface area (TPSA) is 27.7 Å². The summed E-state index contributed by atoms with van der Waals surface area (Å²) in [6.07, 6.45) is 3.63. The van der Waals surface area contributed by atoms with Crippen LogP contribution in [0.2, 0.25) is 18.1 Å². The molecule has 0 saturated heterocycles. The van der Waals surface area contributed by atoms with E-state index in [2.05, 4.69) is 20.8 Å². The van der Waals surface area contributed by atoms with Gasteiger partial charge < -0.3 is 11.1 Å². The van der Waals surface area contributed by atoms with E-state index in [9.17, 15) is 0 Å². The molecule has 0 heterocycles. The lowest BCUT2D eigenvalue weighted by Gasteiger charge is -2.33. The van der Waals surface area contributed by atoms with Gasteiger partial charge in [0.05, 0.1) is 0 Å². The molecule has 0 aliphatic heterocycles. The molecule has 0 unspecified atom stereocenters. The summed E-state index contributed by atoms with van der Waals surface area (Å²) in [6, 6.07) is 3.72. The van der Waals surface area contributed by atoms with Gasteiger partial charge >= 0.3 is 15.1 Å². The van der Waals surface area contributed by atoms with Gasteiger partial charge in [0.1, 0.15) is 0 Å². The summed E-state index contributed by atoms with van der Waals surface area (Å²) in [5.41, 5.74) is 0. The molecule has 3 nitrogen and oxygen atoms in total. The van der Waals surface area contributed by atoms with Crippen molar-refractivity contribution in [1.29, 1.82) is 0 Å². The molecule has 0 saturated carbocycles. The van der Waals surface area contributed by atoms with Crippen molar-refractivity contribution in [1.82, 2.24) is 0 Å². The van der Waals surface area contributed by atoms with Gasteiger partial charge in [-0.25, -0.2) is 0 Å². The summed E-state index contributed by atoms with van der Waals surface area (Å²) in [5.74, 6) is 0. The minimum Gasteiger partial charge on any atom is -0.498 e. The van der Waals surface area contributed by atoms with Crippen molar-refractivity contribution in [3.8, 4) is 0 Å². The molecule has 0 rings (SSSR count). The molecule has 0 aromatic heterocycles. The first-order valence-corrected chi connectivity index (χ1v) is 10.4. The second-order valence-electron chi connectivity index (χ2n) is 4.31. The molecule has 0 N–H and O–H groups in total. The molecule has 0 aliphatic carbocycles. The summed E-state index contributed by atoms with van der Waals surface area (Å²) in [5, 5.41) is 0. The van der Waals surface area contributed by atoms with Crippen LogP contribution in [-0.4, -0.2) is 37.7 Å². The molecular formula is C11H27AlO3Si. The van der Waals surface area contributed by atoms with Crippen LogP contribution in [-0.2, 0) is 11.1 Å². The van der Waals surface area contributed by atoms with Gasteiger partial charge in [-0.3, -0.25) is 0 Å². The standard InChI is InChI=1S/C9H21OSi.2CH3O.Al/c1-4-7-11(10,8-5-2)9-6-3;2*1-2;/h4-9H2,1-3H3;2*1H3;/q3*-1;+3. The second-order valence-corrected chi connectivity index (χ2v) is 10.6. The third kappa shape index (κ3) is 5.81. The average Bonchev–Trinajstić information content (AvgIpc) is 2.27. The van der Waals surface area contributed by atoms with E-state index in [-0.39, 0.29) is 0 Å². The third-order valence-corrected chi connectivity index (χ3v) is 10.6. The molecule has 16 heavy (non-hydrogen) atoms. The van der Waals surface area contributed by atoms with Gasteiger partial charge in [-0.1, -0.05) is 40.0 Å². The lowest BCUT2D eigenvalue weighted by molar-refractivity contribution is 0.196. The lowest BCUT2D eigenvalue weighted by atomic mass is 10.6. The summed E-state index contributed by atoms with van der Waals surface area (Å²) in [6.45, 7) is 6.73. The van der Waals surface area contributed by atoms with Crippen LogP contribution in [0.25, 0.3) is 0 Å². The van der Waals surface area contributed by atoms with Crippen LogP contribution in [0.3, 0.4) is 0 Å². The Morgan fingerprint density at radius 2 is 1.19 bits per heavy atom. The van der Waals surface area contributed by atoms with Crippen LogP contribution in [0.15, 0.2) is 0 Å². The minimum absolute atomic E-state index is 1.21. The Hall–Kier alpha value is 0.629. The second kappa shape index (κ2) is 9.64. The molecule has 0 aliphatic rings. The van der Waals surface area contributed by atoms with E-state index >= 15 is 0 Å². The Balaban J connectivity index is 4.56. The molecule has 0 aromatic rings. The molecule has 0 bridgehead atoms. The fraction of sp³-hybridized carbons (Fsp3) is 1.00. The zero-order valence-electron chi connectivity index (χ0n) is 11.5. The first kappa shape index (κ1) is 16.6. The van der Waals surface area contributed by atoms with Gasteiger partial charge in [-0.2, -0.15) is 0 Å². The Morgan fingerprint density at radius 3 is 1.44 bits per heavy atom. The molecular weight excluding hydrogens is 235 g/mol. The maximum Gasteiger partial charge on any atom is 0.893 e. The van der Waals surface area contributed by atoms with Crippen molar-refractivity contribution in [3.63, 3.8) is 0 Å². The van der Waals surface area contributed by atoms with Crippen molar-refractivity contribution in [2.24, 2.45) is 0 Å². The number of rotatable bonds is 10. The van der Waals surface area contributed by atoms with Crippen molar-refractivity contribution in [3.05, 3.63) is 0 Å². The monoisotopic (exact) mass is 262 g/mol. The highest BCUT2D eigenvalue weighted by molar-refractivity contribution is 6.78. The van der Waals surface area contributed by atoms with E-state index in [4.69, 9.17) is 11.1 Å². The lowest BCUT2D eigenvalue weighted by Crippen LogP contribution is -2.45. The first-order valence-electron chi connectivity index (χ1n) is 6.41. The Labute approximate surface area is 107 Å². The molecule has 0 spiro atoms. The third-order valence-electron chi connectivity index (χ3n) is 2.85. The van der Waals surface area contributed by atoms with Gasteiger partial charge in [0.25, 0.3) is 0 Å². The Bertz CT molecular complexity index is 148. The van der Waals surface area contributed by atoms with Gasteiger partial charge in [0.2, 0.25) is 0 Å². The predicted octanol–water partition coefficient (Wildman–Crippen LogP) is 3.46. The van der Waals surface area contributed by atoms with Crippen molar-refractivity contribution in [2.75, 3.05) is 14.2 Å². The highest BCUT2D eigenvalue weighted by atomic mass is 28.4. The molecule has 0 radical (unpaired) electrons. The van der Waals surface area contributed by atoms with Crippen LogP contribution < -0.4 is 0 Å². The van der Waals surface area contributed by atoms with Crippen molar-refractivity contribution in [2.45, 2.75) is 58.2 Å². The first-order chi connectivity index (χ1) is 7.67. The van der Waals surface area contributed by atoms with Crippen LogP contribution in [0.4, 0.5) is 0 Å². The molecule has 0 amide bonds. The summed E-state index contributed by atoms with van der Waals surface area (Å²) in [7, 11) is 1.81. The maximum atomic E-state index is 6.29.